The van der Waals surface area contributed by atoms with Gasteiger partial charge in [-0.1, -0.05) is 0 Å². The Labute approximate surface area is 123 Å². The molecule has 22 heavy (non-hydrogen) atoms. The fraction of sp³-hybridized carbons (Fsp3) is 0. The van der Waals surface area contributed by atoms with E-state index < -0.39 is 22.5 Å². The molecule has 0 saturated heterocycles. The maximum atomic E-state index is 11.7. The lowest BCUT2D eigenvalue weighted by atomic mass is 10.1. The first-order chi connectivity index (χ1) is 10.5. The smallest absolute Gasteiger partial charge is 0.291 e. The van der Waals surface area contributed by atoms with Gasteiger partial charge in [-0.15, -0.1) is 0 Å². The minimum Gasteiger partial charge on any atom is -0.543 e. The molecule has 0 atom stereocenters. The second-order valence-corrected chi connectivity index (χ2v) is 4.13. The van der Waals surface area contributed by atoms with Gasteiger partial charge in [0, 0.05) is 12.1 Å². The van der Waals surface area contributed by atoms with Crippen molar-refractivity contribution in [3.8, 4) is 0 Å². The molecule has 0 aliphatic heterocycles. The summed E-state index contributed by atoms with van der Waals surface area (Å²) in [5, 5.41) is 23.7. The molecule has 0 aliphatic carbocycles. The highest BCUT2D eigenvalue weighted by atomic mass is 16.6. The van der Waals surface area contributed by atoms with Gasteiger partial charge in [-0.2, -0.15) is 0 Å². The van der Waals surface area contributed by atoms with Gasteiger partial charge in [0.05, 0.1) is 22.9 Å². The van der Waals surface area contributed by atoms with Gasteiger partial charge >= 0.3 is 0 Å². The minimum atomic E-state index is -1.60. The molecule has 1 aromatic carbocycles. The maximum absolute atomic E-state index is 11.7. The van der Waals surface area contributed by atoms with Crippen molar-refractivity contribution >= 4 is 23.6 Å². The summed E-state index contributed by atoms with van der Waals surface area (Å²) in [6.45, 7) is 0. The molecular formula is C14H9N2O6-. The number of carbonyl (C=O) groups is 2. The first-order valence-electron chi connectivity index (χ1n) is 6.00. The van der Waals surface area contributed by atoms with Crippen molar-refractivity contribution in [2.45, 2.75) is 0 Å². The van der Waals surface area contributed by atoms with Crippen LogP contribution < -0.4 is 10.4 Å². The third-order valence-corrected chi connectivity index (χ3v) is 2.63. The lowest BCUT2D eigenvalue weighted by molar-refractivity contribution is -0.384. The van der Waals surface area contributed by atoms with E-state index in [9.17, 15) is 24.8 Å². The summed E-state index contributed by atoms with van der Waals surface area (Å²) in [7, 11) is 0. The number of carbonyl (C=O) groups excluding carboxylic acids is 2. The van der Waals surface area contributed by atoms with Crippen LogP contribution in [0.3, 0.4) is 0 Å². The van der Waals surface area contributed by atoms with Crippen LogP contribution in [0.1, 0.15) is 16.1 Å². The summed E-state index contributed by atoms with van der Waals surface area (Å²) in [6.07, 6.45) is 2.40. The molecular weight excluding hydrogens is 292 g/mol. The van der Waals surface area contributed by atoms with Gasteiger partial charge in [-0.25, -0.2) is 0 Å². The molecule has 1 amide bonds. The van der Waals surface area contributed by atoms with Crippen LogP contribution in [-0.4, -0.2) is 16.8 Å². The molecule has 112 valence electrons. The fourth-order valence-electron chi connectivity index (χ4n) is 1.60. The van der Waals surface area contributed by atoms with E-state index >= 15 is 0 Å². The number of aliphatic carboxylic acids is 1. The Kier molecular flexibility index (Phi) is 4.33. The van der Waals surface area contributed by atoms with E-state index in [2.05, 4.69) is 5.32 Å². The van der Waals surface area contributed by atoms with Crippen molar-refractivity contribution < 1.29 is 24.0 Å². The number of hydrogen-bond donors (Lipinski definition) is 1. The van der Waals surface area contributed by atoms with E-state index in [1.807, 2.05) is 0 Å². The first-order valence-corrected chi connectivity index (χ1v) is 6.00. The number of carboxylic acid groups (broad SMARTS) is 1. The van der Waals surface area contributed by atoms with E-state index in [1.54, 1.807) is 0 Å². The fourth-order valence-corrected chi connectivity index (χ4v) is 1.60. The third-order valence-electron chi connectivity index (χ3n) is 2.63. The highest BCUT2D eigenvalue weighted by Crippen LogP contribution is 2.14. The molecule has 2 rings (SSSR count). The predicted octanol–water partition coefficient (Wildman–Crippen LogP) is 0.709. The summed E-state index contributed by atoms with van der Waals surface area (Å²) < 4.78 is 4.84. The Hall–Kier alpha value is -3.42. The van der Waals surface area contributed by atoms with Gasteiger partial charge in [-0.3, -0.25) is 14.9 Å². The highest BCUT2D eigenvalue weighted by molar-refractivity contribution is 6.00. The van der Waals surface area contributed by atoms with Crippen LogP contribution in [0.15, 0.2) is 52.8 Å². The van der Waals surface area contributed by atoms with Crippen molar-refractivity contribution in [1.29, 1.82) is 0 Å². The standard InChI is InChI=1S/C14H10N2O6/c17-13(12-2-1-7-22-12)15-11(14(18)19)8-9-3-5-10(6-4-9)16(20)21/h1-8H,(H,15,17)(H,18,19)/p-1/b11-8-. The summed E-state index contributed by atoms with van der Waals surface area (Å²) in [6, 6.07) is 7.97. The van der Waals surface area contributed by atoms with Crippen LogP contribution in [-0.2, 0) is 4.79 Å². The predicted molar refractivity (Wildman–Crippen MR) is 72.3 cm³/mol. The van der Waals surface area contributed by atoms with Gasteiger partial charge in [0.1, 0.15) is 0 Å². The molecule has 2 aromatic rings. The number of amides is 1. The van der Waals surface area contributed by atoms with Crippen LogP contribution in [0.5, 0.6) is 0 Å². The van der Waals surface area contributed by atoms with Crippen LogP contribution in [0, 0.1) is 10.1 Å². The first kappa shape index (κ1) is 15.0. The maximum Gasteiger partial charge on any atom is 0.291 e. The second-order valence-electron chi connectivity index (χ2n) is 4.13. The Morgan fingerprint density at radius 2 is 1.86 bits per heavy atom. The molecule has 0 spiro atoms. The normalized spacial score (nSPS) is 11.0. The molecule has 0 radical (unpaired) electrons. The molecule has 0 fully saturated rings. The zero-order valence-corrected chi connectivity index (χ0v) is 11.0. The van der Waals surface area contributed by atoms with E-state index in [0.717, 1.165) is 6.08 Å². The molecule has 1 aromatic heterocycles. The summed E-state index contributed by atoms with van der Waals surface area (Å²) in [4.78, 5) is 32.7. The molecule has 1 N–H and O–H groups in total. The molecule has 0 bridgehead atoms. The van der Waals surface area contributed by atoms with Gasteiger partial charge < -0.3 is 19.6 Å². The molecule has 0 saturated carbocycles. The van der Waals surface area contributed by atoms with E-state index in [4.69, 9.17) is 4.42 Å². The van der Waals surface area contributed by atoms with Crippen molar-refractivity contribution in [2.75, 3.05) is 0 Å². The minimum absolute atomic E-state index is 0.0594. The Balaban J connectivity index is 2.21. The van der Waals surface area contributed by atoms with Crippen LogP contribution in [0.25, 0.3) is 6.08 Å². The van der Waals surface area contributed by atoms with Crippen molar-refractivity contribution in [3.05, 3.63) is 69.8 Å². The number of non-ortho nitro benzene ring substituents is 1. The molecule has 0 unspecified atom stereocenters. The number of rotatable bonds is 5. The number of nitro groups is 1. The second kappa shape index (κ2) is 6.35. The van der Waals surface area contributed by atoms with Crippen LogP contribution in [0.4, 0.5) is 5.69 Å². The summed E-state index contributed by atoms with van der Waals surface area (Å²) in [5.41, 5.74) is -0.272. The lowest BCUT2D eigenvalue weighted by Gasteiger charge is -2.09. The zero-order chi connectivity index (χ0) is 16.1. The molecule has 0 aliphatic rings. The summed E-state index contributed by atoms with van der Waals surface area (Å²) in [5.74, 6) is -2.41. The third kappa shape index (κ3) is 3.57. The van der Waals surface area contributed by atoms with Gasteiger partial charge in [0.2, 0.25) is 0 Å². The largest absolute Gasteiger partial charge is 0.543 e. The van der Waals surface area contributed by atoms with E-state index in [1.165, 1.54) is 42.7 Å². The van der Waals surface area contributed by atoms with E-state index in [0.29, 0.717) is 5.56 Å². The number of nitro benzene ring substituents is 1. The molecule has 8 heteroatoms. The Morgan fingerprint density at radius 1 is 1.18 bits per heavy atom. The number of furan rings is 1. The monoisotopic (exact) mass is 301 g/mol. The number of hydrogen-bond acceptors (Lipinski definition) is 6. The highest BCUT2D eigenvalue weighted by Gasteiger charge is 2.11. The van der Waals surface area contributed by atoms with Gasteiger partial charge in [0.15, 0.2) is 5.76 Å². The van der Waals surface area contributed by atoms with Crippen LogP contribution in [0.2, 0.25) is 0 Å². The zero-order valence-electron chi connectivity index (χ0n) is 11.0. The van der Waals surface area contributed by atoms with Crippen molar-refractivity contribution in [2.24, 2.45) is 0 Å². The average molecular weight is 301 g/mol. The Morgan fingerprint density at radius 3 is 2.36 bits per heavy atom. The average Bonchev–Trinajstić information content (AvgIpc) is 3.01. The van der Waals surface area contributed by atoms with Gasteiger partial charge in [-0.05, 0) is 35.9 Å². The van der Waals surface area contributed by atoms with Crippen molar-refractivity contribution in [1.82, 2.24) is 5.32 Å². The van der Waals surface area contributed by atoms with Crippen molar-refractivity contribution in [3.63, 3.8) is 0 Å². The number of benzene rings is 1. The number of carboxylic acids is 1. The lowest BCUT2D eigenvalue weighted by Crippen LogP contribution is -2.35. The topological polar surface area (TPSA) is 126 Å². The molecule has 1 heterocycles. The quantitative estimate of drug-likeness (QED) is 0.492. The number of nitrogens with one attached hydrogen (secondary N) is 1. The molecule has 8 nitrogen and oxygen atoms in total. The van der Waals surface area contributed by atoms with E-state index in [-0.39, 0.29) is 11.4 Å². The SMILES string of the molecule is O=C([O-])/C(=C/c1ccc([N+](=O)[O-])cc1)NC(=O)c1ccco1. The Bertz CT molecular complexity index is 731. The number of nitrogens with zero attached hydrogens (tertiary/aromatic N) is 1. The van der Waals surface area contributed by atoms with Gasteiger partial charge in [0.25, 0.3) is 11.6 Å². The van der Waals surface area contributed by atoms with Crippen LogP contribution >= 0.6 is 0 Å². The summed E-state index contributed by atoms with van der Waals surface area (Å²) >= 11 is 0.